The number of nitrogens with two attached hydrogens (primary N) is 1. The lowest BCUT2D eigenvalue weighted by atomic mass is 10.2. The molecule has 0 spiro atoms. The van der Waals surface area contributed by atoms with E-state index in [1.165, 1.54) is 0 Å². The fourth-order valence-electron chi connectivity index (χ4n) is 1.93. The molecular formula is C15H17N3O. The maximum Gasteiger partial charge on any atom is 0.259 e. The highest BCUT2D eigenvalue weighted by molar-refractivity contribution is 6.07. The molecule has 1 heterocycles. The van der Waals surface area contributed by atoms with Crippen molar-refractivity contribution in [2.24, 2.45) is 0 Å². The van der Waals surface area contributed by atoms with Crippen molar-refractivity contribution in [3.05, 3.63) is 54.4 Å². The van der Waals surface area contributed by atoms with Gasteiger partial charge in [0.15, 0.2) is 0 Å². The van der Waals surface area contributed by atoms with Gasteiger partial charge in [-0.25, -0.2) is 0 Å². The Kier molecular flexibility index (Phi) is 4.13. The molecular weight excluding hydrogens is 238 g/mol. The second-order valence-corrected chi connectivity index (χ2v) is 4.26. The summed E-state index contributed by atoms with van der Waals surface area (Å²) in [5.41, 5.74) is 7.88. The molecule has 2 rings (SSSR count). The van der Waals surface area contributed by atoms with Crippen LogP contribution in [0.2, 0.25) is 0 Å². The summed E-state index contributed by atoms with van der Waals surface area (Å²) in [6.45, 7) is 2.66. The van der Waals surface area contributed by atoms with Crippen molar-refractivity contribution < 1.29 is 4.79 Å². The quantitative estimate of drug-likeness (QED) is 0.854. The van der Waals surface area contributed by atoms with Gasteiger partial charge in [-0.3, -0.25) is 9.78 Å². The Bertz CT molecular complexity index is 554. The zero-order valence-electron chi connectivity index (χ0n) is 10.9. The van der Waals surface area contributed by atoms with E-state index in [2.05, 4.69) is 4.98 Å². The van der Waals surface area contributed by atoms with Crippen molar-refractivity contribution in [2.45, 2.75) is 13.3 Å². The van der Waals surface area contributed by atoms with E-state index in [1.807, 2.05) is 25.1 Å². The maximum atomic E-state index is 12.5. The summed E-state index contributed by atoms with van der Waals surface area (Å²) in [7, 11) is 0. The van der Waals surface area contributed by atoms with Crippen LogP contribution in [0.5, 0.6) is 0 Å². The van der Waals surface area contributed by atoms with Crippen LogP contribution in [-0.4, -0.2) is 17.4 Å². The monoisotopic (exact) mass is 255 g/mol. The number of amides is 1. The standard InChI is InChI=1S/C15H17N3O/c1-2-10-18(14-8-4-3-7-13(14)16)15(19)12-6-5-9-17-11-12/h3-9,11H,2,10,16H2,1H3. The van der Waals surface area contributed by atoms with E-state index in [4.69, 9.17) is 5.73 Å². The zero-order valence-corrected chi connectivity index (χ0v) is 10.9. The van der Waals surface area contributed by atoms with E-state index in [1.54, 1.807) is 35.5 Å². The summed E-state index contributed by atoms with van der Waals surface area (Å²) in [5, 5.41) is 0. The van der Waals surface area contributed by atoms with Crippen molar-refractivity contribution in [1.29, 1.82) is 0 Å². The third kappa shape index (κ3) is 2.91. The highest BCUT2D eigenvalue weighted by atomic mass is 16.2. The van der Waals surface area contributed by atoms with Gasteiger partial charge < -0.3 is 10.6 Å². The number of nitrogens with zero attached hydrogens (tertiary/aromatic N) is 2. The highest BCUT2D eigenvalue weighted by Gasteiger charge is 2.18. The van der Waals surface area contributed by atoms with Crippen LogP contribution in [0.3, 0.4) is 0 Å². The highest BCUT2D eigenvalue weighted by Crippen LogP contribution is 2.24. The van der Waals surface area contributed by atoms with Gasteiger partial charge in [0, 0.05) is 18.9 Å². The minimum Gasteiger partial charge on any atom is -0.397 e. The topological polar surface area (TPSA) is 59.2 Å². The molecule has 2 N–H and O–H groups in total. The molecule has 0 atom stereocenters. The van der Waals surface area contributed by atoms with E-state index in [9.17, 15) is 4.79 Å². The SMILES string of the molecule is CCCN(C(=O)c1cccnc1)c1ccccc1N. The Morgan fingerprint density at radius 1 is 1.26 bits per heavy atom. The Hall–Kier alpha value is -2.36. The van der Waals surface area contributed by atoms with Crippen LogP contribution in [0.15, 0.2) is 48.8 Å². The molecule has 4 nitrogen and oxygen atoms in total. The lowest BCUT2D eigenvalue weighted by Gasteiger charge is -2.23. The number of nitrogen functional groups attached to an aromatic ring is 1. The lowest BCUT2D eigenvalue weighted by Crippen LogP contribution is -2.32. The van der Waals surface area contributed by atoms with Gasteiger partial charge in [-0.1, -0.05) is 19.1 Å². The first-order valence-electron chi connectivity index (χ1n) is 6.30. The number of rotatable bonds is 4. The number of benzene rings is 1. The molecule has 0 bridgehead atoms. The molecule has 0 aliphatic heterocycles. The van der Waals surface area contributed by atoms with E-state index in [0.29, 0.717) is 17.8 Å². The largest absolute Gasteiger partial charge is 0.397 e. The number of para-hydroxylation sites is 2. The van der Waals surface area contributed by atoms with E-state index in [0.717, 1.165) is 12.1 Å². The smallest absolute Gasteiger partial charge is 0.259 e. The van der Waals surface area contributed by atoms with Crippen LogP contribution >= 0.6 is 0 Å². The number of aromatic nitrogens is 1. The third-order valence-electron chi connectivity index (χ3n) is 2.83. The zero-order chi connectivity index (χ0) is 13.7. The molecule has 1 amide bonds. The minimum absolute atomic E-state index is 0.0761. The van der Waals surface area contributed by atoms with Crippen molar-refractivity contribution >= 4 is 17.3 Å². The number of pyridine rings is 1. The lowest BCUT2D eigenvalue weighted by molar-refractivity contribution is 0.0986. The Morgan fingerprint density at radius 2 is 2.05 bits per heavy atom. The summed E-state index contributed by atoms with van der Waals surface area (Å²) in [4.78, 5) is 18.2. The molecule has 0 unspecified atom stereocenters. The molecule has 0 saturated heterocycles. The van der Waals surface area contributed by atoms with Gasteiger partial charge in [0.1, 0.15) is 0 Å². The molecule has 0 aliphatic rings. The molecule has 2 aromatic rings. The summed E-state index contributed by atoms with van der Waals surface area (Å²) in [5.74, 6) is -0.0761. The molecule has 4 heteroatoms. The van der Waals surface area contributed by atoms with Gasteiger partial charge in [0.05, 0.1) is 16.9 Å². The maximum absolute atomic E-state index is 12.5. The van der Waals surface area contributed by atoms with Crippen molar-refractivity contribution in [3.8, 4) is 0 Å². The Balaban J connectivity index is 2.36. The number of hydrogen-bond acceptors (Lipinski definition) is 3. The van der Waals surface area contributed by atoms with Crippen LogP contribution in [0.1, 0.15) is 23.7 Å². The number of carbonyl (C=O) groups is 1. The first kappa shape index (κ1) is 13.1. The first-order valence-corrected chi connectivity index (χ1v) is 6.30. The van der Waals surface area contributed by atoms with Crippen molar-refractivity contribution in [2.75, 3.05) is 17.2 Å². The molecule has 98 valence electrons. The van der Waals surface area contributed by atoms with Crippen LogP contribution in [-0.2, 0) is 0 Å². The van der Waals surface area contributed by atoms with Gasteiger partial charge >= 0.3 is 0 Å². The van der Waals surface area contributed by atoms with Gasteiger partial charge in [-0.2, -0.15) is 0 Å². The molecule has 0 aliphatic carbocycles. The predicted molar refractivity (Wildman–Crippen MR) is 77.1 cm³/mol. The van der Waals surface area contributed by atoms with E-state index in [-0.39, 0.29) is 5.91 Å². The van der Waals surface area contributed by atoms with Crippen LogP contribution in [0, 0.1) is 0 Å². The summed E-state index contributed by atoms with van der Waals surface area (Å²) >= 11 is 0. The van der Waals surface area contributed by atoms with Crippen molar-refractivity contribution in [1.82, 2.24) is 4.98 Å². The first-order chi connectivity index (χ1) is 9.24. The van der Waals surface area contributed by atoms with Gasteiger partial charge in [-0.15, -0.1) is 0 Å². The molecule has 0 fully saturated rings. The van der Waals surface area contributed by atoms with E-state index < -0.39 is 0 Å². The number of anilines is 2. The van der Waals surface area contributed by atoms with Gasteiger partial charge in [0.25, 0.3) is 5.91 Å². The van der Waals surface area contributed by atoms with Crippen molar-refractivity contribution in [3.63, 3.8) is 0 Å². The number of hydrogen-bond donors (Lipinski definition) is 1. The molecule has 0 saturated carbocycles. The Labute approximate surface area is 112 Å². The molecule has 1 aromatic heterocycles. The van der Waals surface area contributed by atoms with Crippen LogP contribution in [0.4, 0.5) is 11.4 Å². The molecule has 0 radical (unpaired) electrons. The summed E-state index contributed by atoms with van der Waals surface area (Å²) in [6.07, 6.45) is 4.09. The normalized spacial score (nSPS) is 10.2. The number of carbonyl (C=O) groups excluding carboxylic acids is 1. The fourth-order valence-corrected chi connectivity index (χ4v) is 1.93. The molecule has 1 aromatic carbocycles. The van der Waals surface area contributed by atoms with Crippen LogP contribution in [0.25, 0.3) is 0 Å². The molecule has 19 heavy (non-hydrogen) atoms. The average Bonchev–Trinajstić information content (AvgIpc) is 2.46. The van der Waals surface area contributed by atoms with Gasteiger partial charge in [-0.05, 0) is 30.7 Å². The third-order valence-corrected chi connectivity index (χ3v) is 2.83. The average molecular weight is 255 g/mol. The fraction of sp³-hybridized carbons (Fsp3) is 0.200. The van der Waals surface area contributed by atoms with E-state index >= 15 is 0 Å². The summed E-state index contributed by atoms with van der Waals surface area (Å²) in [6, 6.07) is 10.9. The predicted octanol–water partition coefficient (Wildman–Crippen LogP) is 2.72. The van der Waals surface area contributed by atoms with Crippen LogP contribution < -0.4 is 10.6 Å². The minimum atomic E-state index is -0.0761. The second kappa shape index (κ2) is 6.00. The Morgan fingerprint density at radius 3 is 2.68 bits per heavy atom. The second-order valence-electron chi connectivity index (χ2n) is 4.26. The van der Waals surface area contributed by atoms with Gasteiger partial charge in [0.2, 0.25) is 0 Å². The summed E-state index contributed by atoms with van der Waals surface area (Å²) < 4.78 is 0.